The van der Waals surface area contributed by atoms with Crippen LogP contribution in [0.4, 0.5) is 0 Å². The lowest BCUT2D eigenvalue weighted by Gasteiger charge is -2.29. The molecule has 2 aromatic carbocycles. The zero-order valence-corrected chi connectivity index (χ0v) is 15.3. The summed E-state index contributed by atoms with van der Waals surface area (Å²) in [6, 6.07) is 20.6. The van der Waals surface area contributed by atoms with Gasteiger partial charge in [0.05, 0.1) is 6.04 Å². The maximum Gasteiger partial charge on any atom is 0.179 e. The Labute approximate surface area is 146 Å². The van der Waals surface area contributed by atoms with Crippen LogP contribution >= 0.6 is 0 Å². The molecule has 0 amide bonds. The fraction of sp³-hybridized carbons (Fsp3) is 0.364. The minimum atomic E-state index is -0.758. The van der Waals surface area contributed by atoms with Crippen LogP contribution in [0, 0.1) is 17.8 Å². The number of nitrogens with zero attached hydrogens (tertiary/aromatic N) is 1. The zero-order chi connectivity index (χ0) is 17.6. The molecular weight excluding hydrogens is 294 g/mol. The summed E-state index contributed by atoms with van der Waals surface area (Å²) in [6.07, 6.45) is 0. The summed E-state index contributed by atoms with van der Waals surface area (Å²) in [7, 11) is 5.87. The maximum absolute atomic E-state index is 6.03. The molecule has 0 N–H and O–H groups in total. The fourth-order valence-corrected chi connectivity index (χ4v) is 3.01. The lowest BCUT2D eigenvalue weighted by atomic mass is 9.86. The van der Waals surface area contributed by atoms with Crippen LogP contribution in [-0.4, -0.2) is 32.1 Å². The van der Waals surface area contributed by atoms with Gasteiger partial charge in [-0.15, -0.1) is 0 Å². The summed E-state index contributed by atoms with van der Waals surface area (Å²) in [4.78, 5) is 2.16. The van der Waals surface area contributed by atoms with E-state index in [-0.39, 0.29) is 6.04 Å². The van der Waals surface area contributed by atoms with Crippen molar-refractivity contribution in [3.05, 3.63) is 71.8 Å². The first-order valence-electron chi connectivity index (χ1n) is 8.36. The molecule has 0 aliphatic carbocycles. The van der Waals surface area contributed by atoms with Crippen LogP contribution in [0.15, 0.2) is 60.7 Å². The number of rotatable bonds is 5. The molecule has 126 valence electrons. The summed E-state index contributed by atoms with van der Waals surface area (Å²) in [5.41, 5.74) is 1.34. The monoisotopic (exact) mass is 321 g/mol. The van der Waals surface area contributed by atoms with Gasteiger partial charge < -0.3 is 4.74 Å². The third-order valence-corrected chi connectivity index (χ3v) is 4.25. The minimum Gasteiger partial charge on any atom is -0.357 e. The first-order chi connectivity index (χ1) is 11.5. The van der Waals surface area contributed by atoms with Gasteiger partial charge in [-0.3, -0.25) is 4.90 Å². The highest BCUT2D eigenvalue weighted by Crippen LogP contribution is 2.32. The number of benzene rings is 2. The van der Waals surface area contributed by atoms with E-state index in [0.717, 1.165) is 11.1 Å². The zero-order valence-electron chi connectivity index (χ0n) is 15.3. The summed E-state index contributed by atoms with van der Waals surface area (Å²) < 4.78 is 6.03. The van der Waals surface area contributed by atoms with E-state index in [4.69, 9.17) is 4.74 Å². The molecule has 0 bridgehead atoms. The smallest absolute Gasteiger partial charge is 0.179 e. The van der Waals surface area contributed by atoms with E-state index in [1.165, 1.54) is 0 Å². The second-order valence-electron chi connectivity index (χ2n) is 6.54. The van der Waals surface area contributed by atoms with Crippen molar-refractivity contribution in [2.45, 2.75) is 25.5 Å². The molecule has 0 aromatic heterocycles. The summed E-state index contributed by atoms with van der Waals surface area (Å²) >= 11 is 0. The number of methoxy groups -OCH3 is 1. The normalized spacial score (nSPS) is 12.8. The van der Waals surface area contributed by atoms with Crippen LogP contribution in [0.2, 0.25) is 0 Å². The van der Waals surface area contributed by atoms with Gasteiger partial charge in [0.25, 0.3) is 0 Å². The van der Waals surface area contributed by atoms with Crippen molar-refractivity contribution in [2.75, 3.05) is 21.2 Å². The van der Waals surface area contributed by atoms with E-state index in [1.807, 2.05) is 36.4 Å². The van der Waals surface area contributed by atoms with E-state index in [9.17, 15) is 0 Å². The molecule has 0 saturated heterocycles. The molecule has 2 aromatic rings. The molecule has 2 rings (SSSR count). The molecule has 2 heteroatoms. The first kappa shape index (κ1) is 18.3. The van der Waals surface area contributed by atoms with Crippen molar-refractivity contribution in [1.82, 2.24) is 4.90 Å². The fourth-order valence-electron chi connectivity index (χ4n) is 3.01. The molecule has 1 unspecified atom stereocenters. The van der Waals surface area contributed by atoms with Crippen LogP contribution in [-0.2, 0) is 10.3 Å². The number of hydrogen-bond donors (Lipinski definition) is 0. The largest absolute Gasteiger partial charge is 0.357 e. The van der Waals surface area contributed by atoms with Crippen LogP contribution in [0.5, 0.6) is 0 Å². The standard InChI is InChI=1S/C22H27NO/c1-18(2)21(23(3)4)16-17-22(24-5,19-12-8-6-9-13-19)20-14-10-7-11-15-20/h6-15,18,21H,1-5H3. The Morgan fingerprint density at radius 2 is 1.33 bits per heavy atom. The highest BCUT2D eigenvalue weighted by Gasteiger charge is 2.32. The topological polar surface area (TPSA) is 12.5 Å². The molecule has 0 heterocycles. The average Bonchev–Trinajstić information content (AvgIpc) is 2.60. The number of hydrogen-bond acceptors (Lipinski definition) is 2. The third kappa shape index (κ3) is 3.87. The quantitative estimate of drug-likeness (QED) is 0.767. The maximum atomic E-state index is 6.03. The second kappa shape index (κ2) is 8.15. The molecule has 0 aliphatic rings. The van der Waals surface area contributed by atoms with Crippen molar-refractivity contribution >= 4 is 0 Å². The van der Waals surface area contributed by atoms with Crippen molar-refractivity contribution in [1.29, 1.82) is 0 Å². The predicted molar refractivity (Wildman–Crippen MR) is 101 cm³/mol. The van der Waals surface area contributed by atoms with Gasteiger partial charge in [0.15, 0.2) is 5.60 Å². The van der Waals surface area contributed by atoms with Crippen molar-refractivity contribution < 1.29 is 4.74 Å². The molecule has 0 fully saturated rings. The van der Waals surface area contributed by atoms with E-state index < -0.39 is 5.60 Å². The van der Waals surface area contributed by atoms with E-state index >= 15 is 0 Å². The molecule has 0 aliphatic heterocycles. The lowest BCUT2D eigenvalue weighted by molar-refractivity contribution is 0.0739. The highest BCUT2D eigenvalue weighted by atomic mass is 16.5. The van der Waals surface area contributed by atoms with Gasteiger partial charge >= 0.3 is 0 Å². The van der Waals surface area contributed by atoms with Gasteiger partial charge in [-0.1, -0.05) is 86.4 Å². The molecule has 0 radical (unpaired) electrons. The summed E-state index contributed by atoms with van der Waals surface area (Å²) in [5, 5.41) is 0. The molecule has 2 nitrogen and oxygen atoms in total. The van der Waals surface area contributed by atoms with Gasteiger partial charge in [0.2, 0.25) is 0 Å². The SMILES string of the molecule is COC(C#CC(C(C)C)N(C)C)(c1ccccc1)c1ccccc1. The lowest BCUT2D eigenvalue weighted by Crippen LogP contribution is -2.33. The second-order valence-corrected chi connectivity index (χ2v) is 6.54. The summed E-state index contributed by atoms with van der Waals surface area (Å²) in [6.45, 7) is 4.39. The van der Waals surface area contributed by atoms with E-state index in [1.54, 1.807) is 7.11 Å². The summed E-state index contributed by atoms with van der Waals surface area (Å²) in [5.74, 6) is 7.36. The Kier molecular flexibility index (Phi) is 6.20. The van der Waals surface area contributed by atoms with Gasteiger partial charge in [0, 0.05) is 18.2 Å². The van der Waals surface area contributed by atoms with Crippen LogP contribution in [0.25, 0.3) is 0 Å². The highest BCUT2D eigenvalue weighted by molar-refractivity contribution is 5.45. The first-order valence-corrected chi connectivity index (χ1v) is 8.36. The van der Waals surface area contributed by atoms with E-state index in [0.29, 0.717) is 5.92 Å². The van der Waals surface area contributed by atoms with Crippen LogP contribution in [0.3, 0.4) is 0 Å². The Hall–Kier alpha value is -2.08. The van der Waals surface area contributed by atoms with Crippen molar-refractivity contribution in [3.63, 3.8) is 0 Å². The minimum absolute atomic E-state index is 0.173. The number of ether oxygens (including phenoxy) is 1. The Morgan fingerprint density at radius 1 is 0.875 bits per heavy atom. The predicted octanol–water partition coefficient (Wildman–Crippen LogP) is 4.17. The Balaban J connectivity index is 2.60. The van der Waals surface area contributed by atoms with Crippen LogP contribution in [0.1, 0.15) is 25.0 Å². The molecular formula is C22H27NO. The van der Waals surface area contributed by atoms with Crippen molar-refractivity contribution in [2.24, 2.45) is 5.92 Å². The molecule has 0 spiro atoms. The van der Waals surface area contributed by atoms with Gasteiger partial charge in [-0.2, -0.15) is 0 Å². The van der Waals surface area contributed by atoms with Gasteiger partial charge in [-0.25, -0.2) is 0 Å². The molecule has 24 heavy (non-hydrogen) atoms. The third-order valence-electron chi connectivity index (χ3n) is 4.25. The molecule has 0 saturated carbocycles. The van der Waals surface area contributed by atoms with Gasteiger partial charge in [0.1, 0.15) is 0 Å². The van der Waals surface area contributed by atoms with Crippen molar-refractivity contribution in [3.8, 4) is 11.8 Å². The average molecular weight is 321 g/mol. The Bertz CT molecular complexity index is 633. The van der Waals surface area contributed by atoms with E-state index in [2.05, 4.69) is 68.9 Å². The Morgan fingerprint density at radius 3 is 1.67 bits per heavy atom. The van der Waals surface area contributed by atoms with Gasteiger partial charge in [-0.05, 0) is 20.0 Å². The van der Waals surface area contributed by atoms with Crippen LogP contribution < -0.4 is 0 Å². The molecule has 1 atom stereocenters.